The highest BCUT2D eigenvalue weighted by molar-refractivity contribution is 9.10. The summed E-state index contributed by atoms with van der Waals surface area (Å²) >= 11 is 3.68. The summed E-state index contributed by atoms with van der Waals surface area (Å²) in [5, 5.41) is 0.0485. The molecule has 0 bridgehead atoms. The van der Waals surface area contributed by atoms with E-state index in [2.05, 4.69) is 132 Å². The van der Waals surface area contributed by atoms with E-state index >= 15 is 0 Å². The van der Waals surface area contributed by atoms with Crippen molar-refractivity contribution < 1.29 is 18.0 Å². The van der Waals surface area contributed by atoms with Crippen LogP contribution in [0.2, 0.25) is 54.4 Å². The van der Waals surface area contributed by atoms with Gasteiger partial charge in [0.05, 0.1) is 6.61 Å². The third-order valence-corrected chi connectivity index (χ3v) is 23.9. The molecule has 9 nitrogen and oxygen atoms in total. The summed E-state index contributed by atoms with van der Waals surface area (Å²) in [6.07, 6.45) is -0.198. The molecule has 3 heterocycles. The molecular weight excluding hydrogens is 635 g/mol. The Labute approximate surface area is 259 Å². The number of nitrogens with two attached hydrogens (primary N) is 1. The monoisotopic (exact) mass is 687 g/mol. The summed E-state index contributed by atoms with van der Waals surface area (Å²) in [5.74, 6) is 0.321. The standard InChI is InChI=1S/C28H54BrN5O4Si3/c1-26(2,3)39(10,11)35-16-18-20(37-40(12,13)27(4,5)6)21(38-41(14,15)28(7,8)9)24(36-18)34-23-19(33-25(34)29)22(30)31-17-32-23/h17-18,20-21,24H,16H2,1-15H3,(H2,30,31,32)/t18?,20-,21-,24+/m0/s1. The Balaban J connectivity index is 2.20. The normalized spacial score (nSPS) is 23.5. The summed E-state index contributed by atoms with van der Waals surface area (Å²) < 4.78 is 30.8. The lowest BCUT2D eigenvalue weighted by atomic mass is 10.1. The predicted molar refractivity (Wildman–Crippen MR) is 179 cm³/mol. The maximum Gasteiger partial charge on any atom is 0.192 e. The number of hydrogen-bond acceptors (Lipinski definition) is 8. The Kier molecular flexibility index (Phi) is 9.64. The molecule has 3 rings (SSSR count). The van der Waals surface area contributed by atoms with E-state index in [0.717, 1.165) is 0 Å². The zero-order valence-corrected chi connectivity index (χ0v) is 32.6. The highest BCUT2D eigenvalue weighted by atomic mass is 79.9. The van der Waals surface area contributed by atoms with Gasteiger partial charge in [-0.25, -0.2) is 15.0 Å². The first-order valence-corrected chi connectivity index (χ1v) is 24.1. The molecule has 0 aromatic carbocycles. The third-order valence-electron chi connectivity index (χ3n) is 9.89. The van der Waals surface area contributed by atoms with Gasteiger partial charge in [-0.1, -0.05) is 62.3 Å². The van der Waals surface area contributed by atoms with Crippen molar-refractivity contribution in [2.75, 3.05) is 12.3 Å². The number of nitrogens with zero attached hydrogens (tertiary/aromatic N) is 4. The van der Waals surface area contributed by atoms with Crippen LogP contribution < -0.4 is 5.73 Å². The highest BCUT2D eigenvalue weighted by Gasteiger charge is 2.55. The topological polar surface area (TPSA) is 107 Å². The first kappa shape index (κ1) is 34.8. The molecular formula is C28H54BrN5O4Si3. The summed E-state index contributed by atoms with van der Waals surface area (Å²) in [5.41, 5.74) is 7.32. The van der Waals surface area contributed by atoms with Crippen LogP contribution in [0.4, 0.5) is 5.82 Å². The lowest BCUT2D eigenvalue weighted by Gasteiger charge is -2.44. The van der Waals surface area contributed by atoms with Gasteiger partial charge >= 0.3 is 0 Å². The summed E-state index contributed by atoms with van der Waals surface area (Å²) in [4.78, 5) is 13.4. The van der Waals surface area contributed by atoms with E-state index in [9.17, 15) is 0 Å². The van der Waals surface area contributed by atoms with Crippen LogP contribution in [-0.4, -0.2) is 69.4 Å². The van der Waals surface area contributed by atoms with Gasteiger partial charge in [0.2, 0.25) is 0 Å². The summed E-state index contributed by atoms with van der Waals surface area (Å²) in [7, 11) is -6.60. The number of nitrogen functional groups attached to an aromatic ring is 1. The quantitative estimate of drug-likeness (QED) is 0.221. The van der Waals surface area contributed by atoms with Crippen molar-refractivity contribution in [2.45, 2.75) is 141 Å². The molecule has 2 aromatic heterocycles. The van der Waals surface area contributed by atoms with E-state index < -0.39 is 37.3 Å². The first-order chi connectivity index (χ1) is 18.3. The maximum absolute atomic E-state index is 7.26. The molecule has 4 atom stereocenters. The first-order valence-electron chi connectivity index (χ1n) is 14.6. The minimum atomic E-state index is -2.29. The number of imidazole rings is 1. The summed E-state index contributed by atoms with van der Waals surface area (Å²) in [6, 6.07) is 0. The van der Waals surface area contributed by atoms with Crippen molar-refractivity contribution in [3.8, 4) is 0 Å². The fourth-order valence-electron chi connectivity index (χ4n) is 3.98. The van der Waals surface area contributed by atoms with Gasteiger partial charge in [0.25, 0.3) is 0 Å². The van der Waals surface area contributed by atoms with Crippen molar-refractivity contribution in [2.24, 2.45) is 0 Å². The van der Waals surface area contributed by atoms with E-state index in [1.165, 1.54) is 6.33 Å². The van der Waals surface area contributed by atoms with E-state index in [4.69, 9.17) is 23.7 Å². The van der Waals surface area contributed by atoms with Gasteiger partial charge in [-0.2, -0.15) is 0 Å². The smallest absolute Gasteiger partial charge is 0.192 e. The average Bonchev–Trinajstić information content (AvgIpc) is 3.27. The number of hydrogen-bond donors (Lipinski definition) is 1. The van der Waals surface area contributed by atoms with E-state index in [-0.39, 0.29) is 27.3 Å². The van der Waals surface area contributed by atoms with Crippen LogP contribution in [0.25, 0.3) is 11.2 Å². The number of rotatable bonds is 8. The molecule has 234 valence electrons. The maximum atomic E-state index is 7.26. The number of fused-ring (bicyclic) bond motifs is 1. The average molecular weight is 689 g/mol. The molecule has 0 amide bonds. The van der Waals surface area contributed by atoms with Crippen molar-refractivity contribution in [1.29, 1.82) is 0 Å². The molecule has 1 aliphatic rings. The third kappa shape index (κ3) is 7.02. The Hall–Kier alpha value is -0.679. The van der Waals surface area contributed by atoms with E-state index in [0.29, 0.717) is 28.3 Å². The van der Waals surface area contributed by atoms with Crippen LogP contribution in [-0.2, 0) is 18.0 Å². The van der Waals surface area contributed by atoms with Gasteiger partial charge in [-0.05, 0) is 70.3 Å². The molecule has 1 unspecified atom stereocenters. The fraction of sp³-hybridized carbons (Fsp3) is 0.821. The lowest BCUT2D eigenvalue weighted by molar-refractivity contribution is -0.0480. The SMILES string of the molecule is CC(C)(C)[Si](C)(C)OCC1O[C@@H](n2c(Br)nc3c(N)ncnc32)[C@@H](O[Si](C)(C)C(C)(C)C)[C@H]1O[Si](C)(C)C(C)(C)C. The van der Waals surface area contributed by atoms with Gasteiger partial charge < -0.3 is 23.7 Å². The van der Waals surface area contributed by atoms with Crippen LogP contribution in [0.15, 0.2) is 11.1 Å². The molecule has 13 heteroatoms. The summed E-state index contributed by atoms with van der Waals surface area (Å²) in [6.45, 7) is 34.4. The molecule has 1 saturated heterocycles. The highest BCUT2D eigenvalue weighted by Crippen LogP contribution is 2.47. The van der Waals surface area contributed by atoms with E-state index in [1.54, 1.807) is 0 Å². The number of aromatic nitrogens is 4. The molecule has 0 aliphatic carbocycles. The van der Waals surface area contributed by atoms with Crippen LogP contribution in [0.1, 0.15) is 68.5 Å². The Bertz CT molecular complexity index is 1230. The zero-order valence-electron chi connectivity index (χ0n) is 28.0. The minimum Gasteiger partial charge on any atom is -0.414 e. The molecule has 0 spiro atoms. The largest absolute Gasteiger partial charge is 0.414 e. The molecule has 1 fully saturated rings. The molecule has 1 aliphatic heterocycles. The Morgan fingerprint density at radius 1 is 0.829 bits per heavy atom. The van der Waals surface area contributed by atoms with Crippen molar-refractivity contribution in [1.82, 2.24) is 19.5 Å². The van der Waals surface area contributed by atoms with Gasteiger partial charge in [0.15, 0.2) is 52.9 Å². The molecule has 0 radical (unpaired) electrons. The zero-order chi connectivity index (χ0) is 31.6. The lowest BCUT2D eigenvalue weighted by Crippen LogP contribution is -2.54. The van der Waals surface area contributed by atoms with E-state index in [1.807, 2.05) is 4.57 Å². The Morgan fingerprint density at radius 3 is 1.80 bits per heavy atom. The van der Waals surface area contributed by atoms with Gasteiger partial charge in [0, 0.05) is 0 Å². The molecule has 2 aromatic rings. The fourth-order valence-corrected chi connectivity index (χ4v) is 8.15. The van der Waals surface area contributed by atoms with Gasteiger partial charge in [-0.15, -0.1) is 0 Å². The van der Waals surface area contributed by atoms with Crippen LogP contribution >= 0.6 is 15.9 Å². The minimum absolute atomic E-state index is 0.00140. The van der Waals surface area contributed by atoms with Crippen molar-refractivity contribution >= 4 is 57.9 Å². The van der Waals surface area contributed by atoms with Gasteiger partial charge in [-0.3, -0.25) is 4.57 Å². The van der Waals surface area contributed by atoms with Crippen LogP contribution in [0.5, 0.6) is 0 Å². The van der Waals surface area contributed by atoms with Crippen LogP contribution in [0, 0.1) is 0 Å². The van der Waals surface area contributed by atoms with Crippen molar-refractivity contribution in [3.05, 3.63) is 11.1 Å². The second-order valence-corrected chi connectivity index (χ2v) is 31.0. The molecule has 2 N–H and O–H groups in total. The Morgan fingerprint density at radius 2 is 1.32 bits per heavy atom. The molecule has 0 saturated carbocycles. The number of halogens is 1. The molecule has 41 heavy (non-hydrogen) atoms. The second-order valence-electron chi connectivity index (χ2n) is 16.0. The number of ether oxygens (including phenoxy) is 1. The van der Waals surface area contributed by atoms with Gasteiger partial charge in [0.1, 0.15) is 24.6 Å². The van der Waals surface area contributed by atoms with Crippen LogP contribution in [0.3, 0.4) is 0 Å². The predicted octanol–water partition coefficient (Wildman–Crippen LogP) is 7.87. The number of anilines is 1. The van der Waals surface area contributed by atoms with Crippen molar-refractivity contribution in [3.63, 3.8) is 0 Å². The second kappa shape index (κ2) is 11.4.